The molecule has 1 unspecified atom stereocenters. The minimum Gasteiger partial charge on any atom is -0.480 e. The summed E-state index contributed by atoms with van der Waals surface area (Å²) in [7, 11) is 0. The Hall–Kier alpha value is -1.96. The molecule has 0 aliphatic carbocycles. The number of halogens is 2. The Morgan fingerprint density at radius 2 is 2.19 bits per heavy atom. The van der Waals surface area contributed by atoms with Crippen molar-refractivity contribution in [3.63, 3.8) is 0 Å². The predicted octanol–water partition coefficient (Wildman–Crippen LogP) is 2.81. The maximum Gasteiger partial charge on any atom is 0.387 e. The maximum absolute atomic E-state index is 12.3. The number of carboxylic acids is 1. The Morgan fingerprint density at radius 1 is 1.52 bits per heavy atom. The number of carbonyl (C=O) groups excluding carboxylic acids is 1. The maximum atomic E-state index is 12.3. The molecule has 1 aromatic heterocycles. The third-order valence-corrected chi connectivity index (χ3v) is 3.48. The van der Waals surface area contributed by atoms with E-state index in [1.165, 1.54) is 6.07 Å². The second-order valence-corrected chi connectivity index (χ2v) is 5.35. The van der Waals surface area contributed by atoms with Crippen LogP contribution in [0.4, 0.5) is 8.78 Å². The topological polar surface area (TPSA) is 75.6 Å². The summed E-state index contributed by atoms with van der Waals surface area (Å²) in [5.41, 5.74) is 0. The van der Waals surface area contributed by atoms with E-state index in [1.54, 1.807) is 26.0 Å². The lowest BCUT2D eigenvalue weighted by molar-refractivity contribution is -0.139. The van der Waals surface area contributed by atoms with Crippen molar-refractivity contribution in [1.29, 1.82) is 0 Å². The van der Waals surface area contributed by atoms with Gasteiger partial charge in [0, 0.05) is 4.88 Å². The first kappa shape index (κ1) is 17.1. The smallest absolute Gasteiger partial charge is 0.387 e. The van der Waals surface area contributed by atoms with E-state index >= 15 is 0 Å². The molecule has 1 heterocycles. The van der Waals surface area contributed by atoms with Crippen LogP contribution in [0.15, 0.2) is 18.2 Å². The molecule has 0 fully saturated rings. The first-order valence-corrected chi connectivity index (χ1v) is 6.86. The molecular weight excluding hydrogens is 304 g/mol. The SMILES string of the molecule is C/C=C/CC(NC(=O)c1sc(C)cc1OC(F)F)C(=O)O. The molecule has 0 radical (unpaired) electrons. The third-order valence-electron chi connectivity index (χ3n) is 2.45. The highest BCUT2D eigenvalue weighted by atomic mass is 32.1. The van der Waals surface area contributed by atoms with E-state index < -0.39 is 24.5 Å². The zero-order chi connectivity index (χ0) is 16.0. The molecule has 0 aliphatic heterocycles. The average molecular weight is 319 g/mol. The van der Waals surface area contributed by atoms with Crippen molar-refractivity contribution in [2.24, 2.45) is 0 Å². The molecule has 0 bridgehead atoms. The van der Waals surface area contributed by atoms with Crippen molar-refractivity contribution in [3.8, 4) is 5.75 Å². The number of ether oxygens (including phenoxy) is 1. The molecule has 8 heteroatoms. The van der Waals surface area contributed by atoms with Gasteiger partial charge in [-0.25, -0.2) is 4.79 Å². The summed E-state index contributed by atoms with van der Waals surface area (Å²) in [6.07, 6.45) is 3.35. The number of carboxylic acid groups (broad SMARTS) is 1. The van der Waals surface area contributed by atoms with Gasteiger partial charge in [0.25, 0.3) is 5.91 Å². The Morgan fingerprint density at radius 3 is 2.71 bits per heavy atom. The monoisotopic (exact) mass is 319 g/mol. The number of alkyl halides is 2. The van der Waals surface area contributed by atoms with Crippen molar-refractivity contribution in [2.75, 3.05) is 0 Å². The normalized spacial score (nSPS) is 12.6. The van der Waals surface area contributed by atoms with Crippen LogP contribution in [0.1, 0.15) is 27.9 Å². The molecule has 1 amide bonds. The van der Waals surface area contributed by atoms with Gasteiger partial charge in [-0.15, -0.1) is 11.3 Å². The number of thiophene rings is 1. The summed E-state index contributed by atoms with van der Waals surface area (Å²) in [4.78, 5) is 23.6. The van der Waals surface area contributed by atoms with Crippen molar-refractivity contribution >= 4 is 23.2 Å². The summed E-state index contributed by atoms with van der Waals surface area (Å²) >= 11 is 0.961. The molecule has 1 aromatic rings. The number of nitrogens with one attached hydrogen (secondary N) is 1. The average Bonchev–Trinajstić information content (AvgIpc) is 2.73. The molecule has 0 spiro atoms. The van der Waals surface area contributed by atoms with E-state index in [0.717, 1.165) is 11.3 Å². The summed E-state index contributed by atoms with van der Waals surface area (Å²) in [6, 6.07) is 0.184. The number of hydrogen-bond donors (Lipinski definition) is 2. The zero-order valence-corrected chi connectivity index (χ0v) is 12.2. The molecule has 21 heavy (non-hydrogen) atoms. The van der Waals surface area contributed by atoms with Crippen LogP contribution in [0.5, 0.6) is 5.75 Å². The molecule has 0 aliphatic rings. The van der Waals surface area contributed by atoms with Gasteiger partial charge in [0.05, 0.1) is 0 Å². The largest absolute Gasteiger partial charge is 0.480 e. The van der Waals surface area contributed by atoms with Gasteiger partial charge in [0.1, 0.15) is 16.7 Å². The second-order valence-electron chi connectivity index (χ2n) is 4.10. The van der Waals surface area contributed by atoms with E-state index in [4.69, 9.17) is 5.11 Å². The van der Waals surface area contributed by atoms with Crippen LogP contribution in [-0.4, -0.2) is 29.6 Å². The standard InChI is InChI=1S/C13H15F2NO4S/c1-3-4-5-8(12(18)19)16-11(17)10-9(20-13(14)15)6-7(2)21-10/h3-4,6,8,13H,5H2,1-2H3,(H,16,17)(H,18,19)/b4-3+. The van der Waals surface area contributed by atoms with Gasteiger partial charge in [-0.2, -0.15) is 8.78 Å². The quantitative estimate of drug-likeness (QED) is 0.758. The molecular formula is C13H15F2NO4S. The van der Waals surface area contributed by atoms with E-state index in [-0.39, 0.29) is 17.0 Å². The van der Waals surface area contributed by atoms with Gasteiger partial charge in [-0.3, -0.25) is 4.79 Å². The van der Waals surface area contributed by atoms with Crippen LogP contribution in [0, 0.1) is 6.92 Å². The molecule has 0 saturated carbocycles. The third kappa shape index (κ3) is 5.14. The van der Waals surface area contributed by atoms with Crippen molar-refractivity contribution in [1.82, 2.24) is 5.32 Å². The molecule has 0 saturated heterocycles. The lowest BCUT2D eigenvalue weighted by atomic mass is 10.2. The van der Waals surface area contributed by atoms with Crippen molar-refractivity contribution in [3.05, 3.63) is 28.0 Å². The van der Waals surface area contributed by atoms with Gasteiger partial charge in [0.15, 0.2) is 0 Å². The van der Waals surface area contributed by atoms with E-state index in [2.05, 4.69) is 10.1 Å². The van der Waals surface area contributed by atoms with Crippen LogP contribution in [0.2, 0.25) is 0 Å². The number of hydrogen-bond acceptors (Lipinski definition) is 4. The van der Waals surface area contributed by atoms with E-state index in [1.807, 2.05) is 0 Å². The molecule has 2 N–H and O–H groups in total. The van der Waals surface area contributed by atoms with Gasteiger partial charge in [-0.05, 0) is 26.3 Å². The Bertz CT molecular complexity index is 542. The minimum absolute atomic E-state index is 0.0699. The van der Waals surface area contributed by atoms with Crippen LogP contribution >= 0.6 is 11.3 Å². The number of amides is 1. The molecule has 116 valence electrons. The molecule has 0 aromatic carbocycles. The zero-order valence-electron chi connectivity index (χ0n) is 11.4. The van der Waals surface area contributed by atoms with Crippen LogP contribution in [0.25, 0.3) is 0 Å². The summed E-state index contributed by atoms with van der Waals surface area (Å²) in [5, 5.41) is 11.3. The first-order chi connectivity index (χ1) is 9.85. The Balaban J connectivity index is 2.89. The molecule has 1 atom stereocenters. The predicted molar refractivity (Wildman–Crippen MR) is 74.0 cm³/mol. The number of aliphatic carboxylic acids is 1. The summed E-state index contributed by atoms with van der Waals surface area (Å²) in [6.45, 7) is 0.301. The van der Waals surface area contributed by atoms with E-state index in [9.17, 15) is 18.4 Å². The number of allylic oxidation sites excluding steroid dienone is 1. The van der Waals surface area contributed by atoms with Crippen LogP contribution < -0.4 is 10.1 Å². The highest BCUT2D eigenvalue weighted by Crippen LogP contribution is 2.30. The van der Waals surface area contributed by atoms with Gasteiger partial charge >= 0.3 is 12.6 Å². The highest BCUT2D eigenvalue weighted by molar-refractivity contribution is 7.14. The first-order valence-electron chi connectivity index (χ1n) is 6.05. The number of aryl methyl sites for hydroxylation is 1. The molecule has 5 nitrogen and oxygen atoms in total. The molecule has 1 rings (SSSR count). The van der Waals surface area contributed by atoms with Crippen molar-refractivity contribution in [2.45, 2.75) is 32.9 Å². The lowest BCUT2D eigenvalue weighted by Gasteiger charge is -2.12. The summed E-state index contributed by atoms with van der Waals surface area (Å²) in [5.74, 6) is -2.20. The minimum atomic E-state index is -3.05. The van der Waals surface area contributed by atoms with Gasteiger partial charge in [-0.1, -0.05) is 12.2 Å². The van der Waals surface area contributed by atoms with Gasteiger partial charge < -0.3 is 15.2 Å². The van der Waals surface area contributed by atoms with Crippen LogP contribution in [-0.2, 0) is 4.79 Å². The Labute approximate surface area is 124 Å². The fourth-order valence-electron chi connectivity index (χ4n) is 1.55. The number of carbonyl (C=O) groups is 2. The fourth-order valence-corrected chi connectivity index (χ4v) is 2.40. The fraction of sp³-hybridized carbons (Fsp3) is 0.385. The number of rotatable bonds is 7. The Kier molecular flexibility index (Phi) is 6.29. The van der Waals surface area contributed by atoms with E-state index in [0.29, 0.717) is 4.88 Å². The van der Waals surface area contributed by atoms with Crippen molar-refractivity contribution < 1.29 is 28.2 Å². The lowest BCUT2D eigenvalue weighted by Crippen LogP contribution is -2.40. The van der Waals surface area contributed by atoms with Crippen LogP contribution in [0.3, 0.4) is 0 Å². The summed E-state index contributed by atoms with van der Waals surface area (Å²) < 4.78 is 28.8. The second kappa shape index (κ2) is 7.72. The van der Waals surface area contributed by atoms with Gasteiger partial charge in [0.2, 0.25) is 0 Å². The highest BCUT2D eigenvalue weighted by Gasteiger charge is 2.24.